The van der Waals surface area contributed by atoms with Gasteiger partial charge in [0.25, 0.3) is 0 Å². The quantitative estimate of drug-likeness (QED) is 0.640. The molecule has 1 fully saturated rings. The van der Waals surface area contributed by atoms with Gasteiger partial charge in [-0.3, -0.25) is 9.88 Å². The minimum absolute atomic E-state index is 0.290. The summed E-state index contributed by atoms with van der Waals surface area (Å²) in [5, 5.41) is 0.937. The van der Waals surface area contributed by atoms with Crippen LogP contribution in [0.1, 0.15) is 22.0 Å². The van der Waals surface area contributed by atoms with Gasteiger partial charge in [-0.1, -0.05) is 36.4 Å². The number of likely N-dealkylation sites (N-methyl/N-ethyl adjacent to an activating group) is 1. The van der Waals surface area contributed by atoms with Gasteiger partial charge in [-0.15, -0.1) is 0 Å². The van der Waals surface area contributed by atoms with Gasteiger partial charge in [-0.2, -0.15) is 0 Å². The van der Waals surface area contributed by atoms with Crippen LogP contribution in [0.2, 0.25) is 0 Å². The van der Waals surface area contributed by atoms with E-state index in [1.165, 1.54) is 0 Å². The summed E-state index contributed by atoms with van der Waals surface area (Å²) in [5.74, 6) is -0.297. The second kappa shape index (κ2) is 8.50. The zero-order valence-electron chi connectivity index (χ0n) is 16.1. The summed E-state index contributed by atoms with van der Waals surface area (Å²) in [6, 6.07) is 19.3. The van der Waals surface area contributed by atoms with Gasteiger partial charge >= 0.3 is 5.97 Å². The number of rotatable bonds is 5. The van der Waals surface area contributed by atoms with Gasteiger partial charge in [0.2, 0.25) is 0 Å². The van der Waals surface area contributed by atoms with Crippen molar-refractivity contribution in [1.29, 1.82) is 0 Å². The number of ether oxygens (including phenoxy) is 1. The zero-order valence-corrected chi connectivity index (χ0v) is 16.1. The second-order valence-electron chi connectivity index (χ2n) is 7.32. The Morgan fingerprint density at radius 3 is 2.61 bits per heavy atom. The van der Waals surface area contributed by atoms with Crippen molar-refractivity contribution < 1.29 is 9.53 Å². The Morgan fingerprint density at radius 1 is 1.04 bits per heavy atom. The van der Waals surface area contributed by atoms with Crippen LogP contribution in [-0.4, -0.2) is 60.5 Å². The predicted octanol–water partition coefficient (Wildman–Crippen LogP) is 3.38. The molecule has 2 heterocycles. The number of nitrogens with zero attached hydrogens (tertiary/aromatic N) is 3. The van der Waals surface area contributed by atoms with Crippen LogP contribution in [0.25, 0.3) is 10.9 Å². The van der Waals surface area contributed by atoms with Crippen molar-refractivity contribution in [3.05, 3.63) is 78.0 Å². The Morgan fingerprint density at radius 2 is 1.82 bits per heavy atom. The molecule has 1 atom stereocenters. The lowest BCUT2D eigenvalue weighted by molar-refractivity contribution is 0.0148. The number of piperazine rings is 1. The number of carbonyl (C=O) groups is 1. The van der Waals surface area contributed by atoms with Crippen LogP contribution in [-0.2, 0) is 4.74 Å². The van der Waals surface area contributed by atoms with E-state index in [-0.39, 0.29) is 12.1 Å². The average Bonchev–Trinajstić information content (AvgIpc) is 2.75. The molecule has 2 aromatic carbocycles. The van der Waals surface area contributed by atoms with Gasteiger partial charge in [0.05, 0.1) is 11.1 Å². The molecular weight excluding hydrogens is 350 g/mol. The van der Waals surface area contributed by atoms with Crippen LogP contribution in [0.4, 0.5) is 0 Å². The highest BCUT2D eigenvalue weighted by Gasteiger charge is 2.23. The van der Waals surface area contributed by atoms with E-state index < -0.39 is 0 Å². The highest BCUT2D eigenvalue weighted by atomic mass is 16.5. The number of carbonyl (C=O) groups excluding carboxylic acids is 1. The van der Waals surface area contributed by atoms with Gasteiger partial charge < -0.3 is 9.64 Å². The highest BCUT2D eigenvalue weighted by Crippen LogP contribution is 2.22. The van der Waals surface area contributed by atoms with Crippen molar-refractivity contribution in [3.63, 3.8) is 0 Å². The van der Waals surface area contributed by atoms with Crippen molar-refractivity contribution >= 4 is 16.9 Å². The number of esters is 1. The van der Waals surface area contributed by atoms with E-state index in [4.69, 9.17) is 4.74 Å². The maximum atomic E-state index is 12.9. The van der Waals surface area contributed by atoms with Crippen LogP contribution >= 0.6 is 0 Å². The summed E-state index contributed by atoms with van der Waals surface area (Å²) in [6.07, 6.45) is 1.46. The molecule has 3 aromatic rings. The van der Waals surface area contributed by atoms with Crippen molar-refractivity contribution in [3.8, 4) is 0 Å². The molecule has 0 radical (unpaired) electrons. The molecule has 1 aromatic heterocycles. The molecule has 1 aliphatic rings. The SMILES string of the molecule is CN1CCN(CC(OC(=O)c2ccc3ncccc3c2)c2ccccc2)CC1. The topological polar surface area (TPSA) is 45.7 Å². The highest BCUT2D eigenvalue weighted by molar-refractivity contribution is 5.94. The fourth-order valence-electron chi connectivity index (χ4n) is 3.54. The van der Waals surface area contributed by atoms with Gasteiger partial charge in [-0.05, 0) is 36.9 Å². The molecule has 0 aliphatic carbocycles. The molecular formula is C23H25N3O2. The lowest BCUT2D eigenvalue weighted by Crippen LogP contribution is -2.46. The van der Waals surface area contributed by atoms with Crippen LogP contribution in [0.5, 0.6) is 0 Å². The normalized spacial score (nSPS) is 16.8. The molecule has 0 saturated carbocycles. The fraction of sp³-hybridized carbons (Fsp3) is 0.304. The lowest BCUT2D eigenvalue weighted by atomic mass is 10.1. The largest absolute Gasteiger partial charge is 0.453 e. The molecule has 28 heavy (non-hydrogen) atoms. The van der Waals surface area contributed by atoms with Gasteiger partial charge in [0.15, 0.2) is 0 Å². The Balaban J connectivity index is 1.53. The molecule has 144 valence electrons. The first kappa shape index (κ1) is 18.6. The molecule has 0 bridgehead atoms. The smallest absolute Gasteiger partial charge is 0.338 e. The minimum Gasteiger partial charge on any atom is -0.453 e. The summed E-state index contributed by atoms with van der Waals surface area (Å²) in [7, 11) is 2.14. The molecule has 5 heteroatoms. The third-order valence-electron chi connectivity index (χ3n) is 5.28. The van der Waals surface area contributed by atoms with Crippen LogP contribution in [0, 0.1) is 0 Å². The van der Waals surface area contributed by atoms with Gasteiger partial charge in [0.1, 0.15) is 6.10 Å². The molecule has 0 amide bonds. The van der Waals surface area contributed by atoms with E-state index in [1.54, 1.807) is 12.3 Å². The average molecular weight is 375 g/mol. The van der Waals surface area contributed by atoms with Crippen molar-refractivity contribution in [1.82, 2.24) is 14.8 Å². The monoisotopic (exact) mass is 375 g/mol. The maximum absolute atomic E-state index is 12.9. The molecule has 0 spiro atoms. The first-order valence-electron chi connectivity index (χ1n) is 9.71. The fourth-order valence-corrected chi connectivity index (χ4v) is 3.54. The number of hydrogen-bond acceptors (Lipinski definition) is 5. The summed E-state index contributed by atoms with van der Waals surface area (Å²) in [4.78, 5) is 21.9. The number of pyridine rings is 1. The zero-order chi connectivity index (χ0) is 19.3. The molecule has 4 rings (SSSR count). The van der Waals surface area contributed by atoms with E-state index in [0.717, 1.165) is 42.6 Å². The van der Waals surface area contributed by atoms with Gasteiger partial charge in [0, 0.05) is 44.3 Å². The minimum atomic E-state index is -0.297. The summed E-state index contributed by atoms with van der Waals surface area (Å²) < 4.78 is 5.99. The predicted molar refractivity (Wildman–Crippen MR) is 110 cm³/mol. The van der Waals surface area contributed by atoms with E-state index in [9.17, 15) is 4.79 Å². The van der Waals surface area contributed by atoms with Crippen molar-refractivity contribution in [2.45, 2.75) is 6.10 Å². The third-order valence-corrected chi connectivity index (χ3v) is 5.28. The number of fused-ring (bicyclic) bond motifs is 1. The number of hydrogen-bond donors (Lipinski definition) is 0. The lowest BCUT2D eigenvalue weighted by Gasteiger charge is -2.34. The van der Waals surface area contributed by atoms with E-state index in [2.05, 4.69) is 21.8 Å². The van der Waals surface area contributed by atoms with Gasteiger partial charge in [-0.25, -0.2) is 4.79 Å². The second-order valence-corrected chi connectivity index (χ2v) is 7.32. The molecule has 0 N–H and O–H groups in total. The summed E-state index contributed by atoms with van der Waals surface area (Å²) in [6.45, 7) is 4.75. The Hall–Kier alpha value is -2.76. The van der Waals surface area contributed by atoms with Crippen LogP contribution in [0.15, 0.2) is 66.9 Å². The Kier molecular flexibility index (Phi) is 5.65. The Labute approximate surface area is 165 Å². The molecule has 1 saturated heterocycles. The first-order valence-corrected chi connectivity index (χ1v) is 9.71. The maximum Gasteiger partial charge on any atom is 0.338 e. The molecule has 1 unspecified atom stereocenters. The number of aromatic nitrogens is 1. The summed E-state index contributed by atoms with van der Waals surface area (Å²) >= 11 is 0. The summed E-state index contributed by atoms with van der Waals surface area (Å²) in [5.41, 5.74) is 2.45. The Bertz CT molecular complexity index is 937. The number of benzene rings is 2. The molecule has 1 aliphatic heterocycles. The van der Waals surface area contributed by atoms with Crippen molar-refractivity contribution in [2.75, 3.05) is 39.8 Å². The molecule has 5 nitrogen and oxygen atoms in total. The first-order chi connectivity index (χ1) is 13.7. The standard InChI is InChI=1S/C23H25N3O2/c1-25-12-14-26(15-13-25)17-22(18-6-3-2-4-7-18)28-23(27)20-9-10-21-19(16-20)8-5-11-24-21/h2-11,16,22H,12-15,17H2,1H3. The van der Waals surface area contributed by atoms with Crippen molar-refractivity contribution in [2.24, 2.45) is 0 Å². The van der Waals surface area contributed by atoms with E-state index >= 15 is 0 Å². The third kappa shape index (κ3) is 4.38. The van der Waals surface area contributed by atoms with E-state index in [1.807, 2.05) is 54.6 Å². The van der Waals surface area contributed by atoms with Crippen LogP contribution in [0.3, 0.4) is 0 Å². The van der Waals surface area contributed by atoms with E-state index in [0.29, 0.717) is 12.1 Å². The van der Waals surface area contributed by atoms with Crippen LogP contribution < -0.4 is 0 Å².